The lowest BCUT2D eigenvalue weighted by Crippen LogP contribution is -2.60. The maximum atomic E-state index is 12.7. The lowest BCUT2D eigenvalue weighted by atomic mass is 9.48. The van der Waals surface area contributed by atoms with E-state index in [-0.39, 0.29) is 5.41 Å². The molecule has 4 rings (SSSR count). The summed E-state index contributed by atoms with van der Waals surface area (Å²) in [5, 5.41) is 3.49. The maximum absolute atomic E-state index is 12.7. The van der Waals surface area contributed by atoms with Crippen molar-refractivity contribution in [3.8, 4) is 0 Å². The predicted octanol–water partition coefficient (Wildman–Crippen LogP) is 3.67. The van der Waals surface area contributed by atoms with E-state index in [1.165, 1.54) is 44.9 Å². The number of hydrogen-bond donors (Lipinski definition) is 1. The molecule has 0 unspecified atom stereocenters. The molecule has 3 fully saturated rings. The van der Waals surface area contributed by atoms with Crippen LogP contribution in [0.25, 0.3) is 0 Å². The highest BCUT2D eigenvalue weighted by Crippen LogP contribution is 2.63. The molecule has 1 aliphatic heterocycles. The highest BCUT2D eigenvalue weighted by molar-refractivity contribution is 5.96. The molecule has 0 aromatic heterocycles. The van der Waals surface area contributed by atoms with E-state index in [0.29, 0.717) is 23.2 Å². The van der Waals surface area contributed by atoms with Gasteiger partial charge in [0.1, 0.15) is 0 Å². The average Bonchev–Trinajstić information content (AvgIpc) is 2.82. The Balaban J connectivity index is 1.71. The Morgan fingerprint density at radius 2 is 1.95 bits per heavy atom. The molecule has 1 heterocycles. The van der Waals surface area contributed by atoms with Gasteiger partial charge in [0.25, 0.3) is 0 Å². The summed E-state index contributed by atoms with van der Waals surface area (Å²) in [4.78, 5) is 12.7. The van der Waals surface area contributed by atoms with Crippen LogP contribution in [-0.2, 0) is 4.79 Å². The summed E-state index contributed by atoms with van der Waals surface area (Å²) in [5.74, 6) is 2.69. The van der Waals surface area contributed by atoms with Crippen LogP contribution in [0.4, 0.5) is 0 Å². The number of carbonyl (C=O) groups excluding carboxylic acids is 1. The zero-order valence-corrected chi connectivity index (χ0v) is 12.8. The molecule has 4 aliphatic rings. The number of nitrogens with one attached hydrogen (secondary N) is 1. The molecule has 0 bridgehead atoms. The van der Waals surface area contributed by atoms with Gasteiger partial charge in [-0.05, 0) is 67.8 Å². The zero-order chi connectivity index (χ0) is 14.0. The van der Waals surface area contributed by atoms with Gasteiger partial charge in [0, 0.05) is 12.2 Å². The van der Waals surface area contributed by atoms with Gasteiger partial charge in [-0.1, -0.05) is 20.3 Å². The third kappa shape index (κ3) is 1.48. The molecule has 1 N–H and O–H groups in total. The van der Waals surface area contributed by atoms with Gasteiger partial charge in [-0.25, -0.2) is 0 Å². The van der Waals surface area contributed by atoms with E-state index in [4.69, 9.17) is 0 Å². The molecule has 110 valence electrons. The fourth-order valence-corrected chi connectivity index (χ4v) is 6.38. The SMILES string of the molecule is C[C@@]12CCC[C@H]1[C@@H]1CC[C@H]3NC=CC(=O)[C@]3(C)[C@H]1CC2. The predicted molar refractivity (Wildman–Crippen MR) is 80.1 cm³/mol. The molecular formula is C18H27NO. The standard InChI is InChI=1S/C18H27NO/c1-17-9-3-4-13(17)12-5-6-15-18(2,14(12)7-10-17)16(20)8-11-19-15/h8,11-15,19H,3-7,9-10H2,1-2H3/t12-,13-,14-,15+,17-,18+/m0/s1. The highest BCUT2D eigenvalue weighted by Gasteiger charge is 2.59. The minimum atomic E-state index is -0.137. The second-order valence-corrected chi connectivity index (χ2v) is 8.24. The zero-order valence-electron chi connectivity index (χ0n) is 12.8. The summed E-state index contributed by atoms with van der Waals surface area (Å²) in [7, 11) is 0. The first-order valence-electron chi connectivity index (χ1n) is 8.53. The van der Waals surface area contributed by atoms with Crippen molar-refractivity contribution in [3.63, 3.8) is 0 Å². The van der Waals surface area contributed by atoms with Crippen LogP contribution < -0.4 is 5.32 Å². The minimum Gasteiger partial charge on any atom is -0.387 e. The topological polar surface area (TPSA) is 29.1 Å². The molecule has 0 radical (unpaired) electrons. The van der Waals surface area contributed by atoms with E-state index in [1.807, 2.05) is 6.20 Å². The fraction of sp³-hybridized carbons (Fsp3) is 0.833. The van der Waals surface area contributed by atoms with Crippen molar-refractivity contribution < 1.29 is 4.79 Å². The Bertz CT molecular complexity index is 470. The van der Waals surface area contributed by atoms with Gasteiger partial charge in [0.05, 0.1) is 5.41 Å². The van der Waals surface area contributed by atoms with Crippen LogP contribution in [-0.4, -0.2) is 11.8 Å². The van der Waals surface area contributed by atoms with Gasteiger partial charge < -0.3 is 5.32 Å². The van der Waals surface area contributed by atoms with Crippen molar-refractivity contribution in [2.75, 3.05) is 0 Å². The van der Waals surface area contributed by atoms with Crippen LogP contribution in [0.15, 0.2) is 12.3 Å². The molecule has 20 heavy (non-hydrogen) atoms. The smallest absolute Gasteiger partial charge is 0.165 e. The first-order chi connectivity index (χ1) is 9.56. The van der Waals surface area contributed by atoms with Crippen molar-refractivity contribution in [2.24, 2.45) is 28.6 Å². The van der Waals surface area contributed by atoms with Crippen LogP contribution >= 0.6 is 0 Å². The normalized spacial score (nSPS) is 53.8. The third-order valence-corrected chi connectivity index (χ3v) is 7.56. The molecule has 3 aliphatic carbocycles. The Morgan fingerprint density at radius 3 is 2.80 bits per heavy atom. The highest BCUT2D eigenvalue weighted by atomic mass is 16.1. The van der Waals surface area contributed by atoms with Gasteiger partial charge in [-0.2, -0.15) is 0 Å². The van der Waals surface area contributed by atoms with Crippen molar-refractivity contribution in [1.29, 1.82) is 0 Å². The van der Waals surface area contributed by atoms with Gasteiger partial charge in [0.15, 0.2) is 5.78 Å². The maximum Gasteiger partial charge on any atom is 0.165 e. The van der Waals surface area contributed by atoms with E-state index < -0.39 is 0 Å². The van der Waals surface area contributed by atoms with E-state index in [1.54, 1.807) is 6.08 Å². The van der Waals surface area contributed by atoms with Crippen LogP contribution in [0, 0.1) is 28.6 Å². The monoisotopic (exact) mass is 273 g/mol. The van der Waals surface area contributed by atoms with E-state index in [2.05, 4.69) is 19.2 Å². The second kappa shape index (κ2) is 4.11. The molecule has 0 spiro atoms. The quantitative estimate of drug-likeness (QED) is 0.729. The van der Waals surface area contributed by atoms with Crippen molar-refractivity contribution in [2.45, 2.75) is 64.8 Å². The van der Waals surface area contributed by atoms with E-state index in [9.17, 15) is 4.79 Å². The summed E-state index contributed by atoms with van der Waals surface area (Å²) in [6.07, 6.45) is 13.1. The second-order valence-electron chi connectivity index (χ2n) is 8.24. The van der Waals surface area contributed by atoms with Gasteiger partial charge in [-0.3, -0.25) is 4.79 Å². The number of ketones is 1. The van der Waals surface area contributed by atoms with Gasteiger partial charge in [-0.15, -0.1) is 0 Å². The van der Waals surface area contributed by atoms with Crippen molar-refractivity contribution >= 4 is 5.78 Å². The van der Waals surface area contributed by atoms with Crippen LogP contribution in [0.3, 0.4) is 0 Å². The Morgan fingerprint density at radius 1 is 1.10 bits per heavy atom. The summed E-state index contributed by atoms with van der Waals surface area (Å²) in [6.45, 7) is 4.78. The number of fused-ring (bicyclic) bond motifs is 5. The lowest BCUT2D eigenvalue weighted by molar-refractivity contribution is -0.140. The molecule has 0 aromatic rings. The first-order valence-corrected chi connectivity index (χ1v) is 8.53. The third-order valence-electron chi connectivity index (χ3n) is 7.56. The summed E-state index contributed by atoms with van der Waals surface area (Å²) in [5.41, 5.74) is 0.451. The molecule has 0 saturated heterocycles. The molecular weight excluding hydrogens is 246 g/mol. The number of carbonyl (C=O) groups is 1. The van der Waals surface area contributed by atoms with Crippen molar-refractivity contribution in [1.82, 2.24) is 5.32 Å². The summed E-state index contributed by atoms with van der Waals surface area (Å²) < 4.78 is 0. The molecule has 0 amide bonds. The van der Waals surface area contributed by atoms with Crippen LogP contribution in [0.5, 0.6) is 0 Å². The van der Waals surface area contributed by atoms with E-state index in [0.717, 1.165) is 11.8 Å². The van der Waals surface area contributed by atoms with E-state index >= 15 is 0 Å². The molecule has 2 heteroatoms. The molecule has 2 nitrogen and oxygen atoms in total. The molecule has 3 saturated carbocycles. The number of rotatable bonds is 0. The van der Waals surface area contributed by atoms with Crippen molar-refractivity contribution in [3.05, 3.63) is 12.3 Å². The van der Waals surface area contributed by atoms with Gasteiger partial charge >= 0.3 is 0 Å². The number of allylic oxidation sites excluding steroid dienone is 1. The minimum absolute atomic E-state index is 0.137. The Hall–Kier alpha value is -0.790. The lowest BCUT2D eigenvalue weighted by Gasteiger charge is -2.58. The molecule has 0 aromatic carbocycles. The van der Waals surface area contributed by atoms with Gasteiger partial charge in [0.2, 0.25) is 0 Å². The molecule has 6 atom stereocenters. The fourth-order valence-electron chi connectivity index (χ4n) is 6.38. The summed E-state index contributed by atoms with van der Waals surface area (Å²) in [6, 6.07) is 0.381. The van der Waals surface area contributed by atoms with Crippen LogP contribution in [0.1, 0.15) is 58.8 Å². The first kappa shape index (κ1) is 12.9. The Kier molecular flexibility index (Phi) is 2.66. The Labute approximate surface area is 122 Å². The van der Waals surface area contributed by atoms with Crippen LogP contribution in [0.2, 0.25) is 0 Å². The summed E-state index contributed by atoms with van der Waals surface area (Å²) >= 11 is 0. The largest absolute Gasteiger partial charge is 0.387 e. The number of hydrogen-bond acceptors (Lipinski definition) is 2. The average molecular weight is 273 g/mol.